The van der Waals surface area contributed by atoms with Crippen LogP contribution < -0.4 is 10.1 Å². The number of hydrogen-bond donors (Lipinski definition) is 1. The molecule has 0 atom stereocenters. The molecule has 0 aliphatic carbocycles. The molecule has 5 heteroatoms. The first-order valence-corrected chi connectivity index (χ1v) is 8.46. The number of rotatable bonds is 4. The summed E-state index contributed by atoms with van der Waals surface area (Å²) in [6, 6.07) is 7.50. The van der Waals surface area contributed by atoms with Gasteiger partial charge in [0.25, 0.3) is 0 Å². The lowest BCUT2D eigenvalue weighted by molar-refractivity contribution is 0.0463. The molecule has 0 amide bonds. The Morgan fingerprint density at radius 2 is 1.96 bits per heavy atom. The minimum atomic E-state index is -1.20. The van der Waals surface area contributed by atoms with Gasteiger partial charge in [0.15, 0.2) is 0 Å². The molecule has 130 valence electrons. The van der Waals surface area contributed by atoms with Crippen LogP contribution in [0.2, 0.25) is 0 Å². The van der Waals surface area contributed by atoms with Crippen molar-refractivity contribution in [1.82, 2.24) is 10.2 Å². The molecule has 2 aliphatic rings. The molecule has 0 bridgehead atoms. The largest absolute Gasteiger partial charge is 0.497 e. The summed E-state index contributed by atoms with van der Waals surface area (Å²) in [4.78, 5) is 2.45. The van der Waals surface area contributed by atoms with E-state index in [2.05, 4.69) is 10.2 Å². The van der Waals surface area contributed by atoms with E-state index >= 15 is 4.39 Å². The summed E-state index contributed by atoms with van der Waals surface area (Å²) >= 11 is 0. The van der Waals surface area contributed by atoms with Crippen LogP contribution in [0.5, 0.6) is 5.75 Å². The van der Waals surface area contributed by atoms with Crippen LogP contribution in [-0.2, 0) is 5.67 Å². The zero-order valence-corrected chi connectivity index (χ0v) is 14.7. The number of piperidine rings is 2. The van der Waals surface area contributed by atoms with E-state index in [1.54, 1.807) is 7.11 Å². The van der Waals surface area contributed by atoms with Gasteiger partial charge >= 0.3 is 0 Å². The highest BCUT2D eigenvalue weighted by atomic mass is 35.5. The first-order chi connectivity index (χ1) is 10.7. The second-order valence-corrected chi connectivity index (χ2v) is 6.69. The van der Waals surface area contributed by atoms with Gasteiger partial charge in [-0.15, -0.1) is 12.4 Å². The Morgan fingerprint density at radius 1 is 1.26 bits per heavy atom. The number of likely N-dealkylation sites (tertiary alicyclic amines) is 1. The fraction of sp³-hybridized carbons (Fsp3) is 0.667. The standard InChI is InChI=1S/C18H27FN2O.ClH/c1-22-17-4-2-3-16(13-17)18(19)7-11-21(12-8-18)14-15-5-9-20-10-6-15;/h2-4,13,15,20H,5-12,14H2,1H3;1H. The maximum Gasteiger partial charge on any atom is 0.138 e. The average Bonchev–Trinajstić information content (AvgIpc) is 2.58. The van der Waals surface area contributed by atoms with Crippen LogP contribution in [0, 0.1) is 5.92 Å². The zero-order valence-electron chi connectivity index (χ0n) is 13.9. The maximum absolute atomic E-state index is 15.3. The molecule has 2 fully saturated rings. The lowest BCUT2D eigenvalue weighted by atomic mass is 9.85. The van der Waals surface area contributed by atoms with Crippen LogP contribution in [0.15, 0.2) is 24.3 Å². The van der Waals surface area contributed by atoms with Gasteiger partial charge < -0.3 is 15.0 Å². The van der Waals surface area contributed by atoms with Gasteiger partial charge in [-0.05, 0) is 62.4 Å². The number of halogens is 2. The summed E-state index contributed by atoms with van der Waals surface area (Å²) in [5.74, 6) is 1.52. The summed E-state index contributed by atoms with van der Waals surface area (Å²) in [6.45, 7) is 5.12. The van der Waals surface area contributed by atoms with Gasteiger partial charge in [0, 0.05) is 19.6 Å². The molecule has 0 radical (unpaired) electrons. The van der Waals surface area contributed by atoms with Crippen molar-refractivity contribution in [3.05, 3.63) is 29.8 Å². The molecule has 3 nitrogen and oxygen atoms in total. The quantitative estimate of drug-likeness (QED) is 0.907. The molecular weight excluding hydrogens is 315 g/mol. The predicted octanol–water partition coefficient (Wildman–Crippen LogP) is 3.38. The minimum Gasteiger partial charge on any atom is -0.497 e. The summed E-state index contributed by atoms with van der Waals surface area (Å²) in [5.41, 5.74) is -0.424. The summed E-state index contributed by atoms with van der Waals surface area (Å²) in [5, 5.41) is 3.41. The van der Waals surface area contributed by atoms with Crippen molar-refractivity contribution in [3.63, 3.8) is 0 Å². The molecule has 1 N–H and O–H groups in total. The molecule has 23 heavy (non-hydrogen) atoms. The van der Waals surface area contributed by atoms with Crippen LogP contribution in [-0.4, -0.2) is 44.7 Å². The second kappa shape index (κ2) is 8.32. The number of benzene rings is 1. The predicted molar refractivity (Wildman–Crippen MR) is 94.3 cm³/mol. The third-order valence-corrected chi connectivity index (χ3v) is 5.21. The lowest BCUT2D eigenvalue weighted by Crippen LogP contribution is -2.43. The molecule has 1 aromatic rings. The van der Waals surface area contributed by atoms with E-state index in [1.165, 1.54) is 12.8 Å². The van der Waals surface area contributed by atoms with E-state index in [1.807, 2.05) is 24.3 Å². The maximum atomic E-state index is 15.3. The first-order valence-electron chi connectivity index (χ1n) is 8.46. The Hall–Kier alpha value is -0.840. The van der Waals surface area contributed by atoms with Gasteiger partial charge in [-0.3, -0.25) is 0 Å². The average molecular weight is 343 g/mol. The topological polar surface area (TPSA) is 24.5 Å². The van der Waals surface area contributed by atoms with Crippen molar-refractivity contribution in [2.24, 2.45) is 5.92 Å². The van der Waals surface area contributed by atoms with Gasteiger partial charge in [0.05, 0.1) is 7.11 Å². The van der Waals surface area contributed by atoms with E-state index in [9.17, 15) is 0 Å². The van der Waals surface area contributed by atoms with Crippen LogP contribution in [0.1, 0.15) is 31.2 Å². The van der Waals surface area contributed by atoms with Gasteiger partial charge in [-0.25, -0.2) is 4.39 Å². The lowest BCUT2D eigenvalue weighted by Gasteiger charge is -2.39. The van der Waals surface area contributed by atoms with Crippen molar-refractivity contribution >= 4 is 12.4 Å². The summed E-state index contributed by atoms with van der Waals surface area (Å²) < 4.78 is 20.5. The molecule has 2 saturated heterocycles. The number of nitrogens with zero attached hydrogens (tertiary/aromatic N) is 1. The number of nitrogens with one attached hydrogen (secondary N) is 1. The highest BCUT2D eigenvalue weighted by Crippen LogP contribution is 2.38. The Morgan fingerprint density at radius 3 is 2.61 bits per heavy atom. The van der Waals surface area contributed by atoms with E-state index in [-0.39, 0.29) is 12.4 Å². The van der Waals surface area contributed by atoms with Crippen LogP contribution >= 0.6 is 12.4 Å². The van der Waals surface area contributed by atoms with Crippen molar-refractivity contribution in [1.29, 1.82) is 0 Å². The van der Waals surface area contributed by atoms with Crippen LogP contribution in [0.4, 0.5) is 4.39 Å². The van der Waals surface area contributed by atoms with E-state index < -0.39 is 5.67 Å². The van der Waals surface area contributed by atoms with Crippen LogP contribution in [0.3, 0.4) is 0 Å². The second-order valence-electron chi connectivity index (χ2n) is 6.69. The third kappa shape index (κ3) is 4.59. The van der Waals surface area contributed by atoms with Crippen molar-refractivity contribution in [3.8, 4) is 5.75 Å². The fourth-order valence-electron chi connectivity index (χ4n) is 3.71. The monoisotopic (exact) mass is 342 g/mol. The van der Waals surface area contributed by atoms with E-state index in [4.69, 9.17) is 4.74 Å². The Kier molecular flexibility index (Phi) is 6.69. The molecule has 3 rings (SSSR count). The smallest absolute Gasteiger partial charge is 0.138 e. The van der Waals surface area contributed by atoms with Gasteiger partial charge in [0.1, 0.15) is 11.4 Å². The Bertz CT molecular complexity index is 486. The highest BCUT2D eigenvalue weighted by molar-refractivity contribution is 5.85. The molecule has 0 spiro atoms. The molecule has 1 aromatic carbocycles. The number of hydrogen-bond acceptors (Lipinski definition) is 3. The molecule has 2 aliphatic heterocycles. The summed E-state index contributed by atoms with van der Waals surface area (Å²) in [6.07, 6.45) is 3.69. The highest BCUT2D eigenvalue weighted by Gasteiger charge is 2.36. The number of methoxy groups -OCH3 is 1. The van der Waals surface area contributed by atoms with Crippen molar-refractivity contribution < 1.29 is 9.13 Å². The summed E-state index contributed by atoms with van der Waals surface area (Å²) in [7, 11) is 1.63. The van der Waals surface area contributed by atoms with E-state index in [0.29, 0.717) is 12.8 Å². The van der Waals surface area contributed by atoms with Crippen LogP contribution in [0.25, 0.3) is 0 Å². The van der Waals surface area contributed by atoms with Gasteiger partial charge in [-0.2, -0.15) is 0 Å². The SMILES string of the molecule is COc1cccc(C2(F)CCN(CC3CCNCC3)CC2)c1.Cl. The Balaban J connectivity index is 0.00000192. The zero-order chi connectivity index (χ0) is 15.4. The normalized spacial score (nSPS) is 22.3. The van der Waals surface area contributed by atoms with Gasteiger partial charge in [0.2, 0.25) is 0 Å². The molecule has 2 heterocycles. The van der Waals surface area contributed by atoms with Gasteiger partial charge in [-0.1, -0.05) is 12.1 Å². The molecule has 0 aromatic heterocycles. The van der Waals surface area contributed by atoms with E-state index in [0.717, 1.165) is 50.0 Å². The van der Waals surface area contributed by atoms with Crippen molar-refractivity contribution in [2.45, 2.75) is 31.4 Å². The molecular formula is C18H28ClFN2O. The molecule has 0 unspecified atom stereocenters. The number of alkyl halides is 1. The number of ether oxygens (including phenoxy) is 1. The fourth-order valence-corrected chi connectivity index (χ4v) is 3.71. The Labute approximate surface area is 145 Å². The third-order valence-electron chi connectivity index (χ3n) is 5.21. The molecule has 0 saturated carbocycles. The first kappa shape index (κ1) is 18.5. The minimum absolute atomic E-state index is 0. The van der Waals surface area contributed by atoms with Crippen molar-refractivity contribution in [2.75, 3.05) is 39.8 Å².